The Labute approximate surface area is 166 Å². The lowest BCUT2D eigenvalue weighted by molar-refractivity contribution is 0.221. The minimum atomic E-state index is 0.457. The van der Waals surface area contributed by atoms with E-state index in [1.54, 1.807) is 7.11 Å². The summed E-state index contributed by atoms with van der Waals surface area (Å²) in [6, 6.07) is 6.46. The summed E-state index contributed by atoms with van der Waals surface area (Å²) in [4.78, 5) is 7.23. The van der Waals surface area contributed by atoms with Gasteiger partial charge in [-0.3, -0.25) is 4.90 Å². The average Bonchev–Trinajstić information content (AvgIpc) is 2.61. The Morgan fingerprint density at radius 1 is 1.38 bits per heavy atom. The van der Waals surface area contributed by atoms with Gasteiger partial charge in [-0.25, -0.2) is 4.99 Å². The molecule has 0 spiro atoms. The summed E-state index contributed by atoms with van der Waals surface area (Å²) < 4.78 is 6.48. The summed E-state index contributed by atoms with van der Waals surface area (Å²) in [5, 5.41) is 6.94. The minimum Gasteiger partial charge on any atom is -0.496 e. The molecule has 6 heteroatoms. The van der Waals surface area contributed by atoms with Crippen molar-refractivity contribution < 1.29 is 4.74 Å². The van der Waals surface area contributed by atoms with E-state index in [4.69, 9.17) is 9.73 Å². The van der Waals surface area contributed by atoms with E-state index < -0.39 is 0 Å². The zero-order valence-corrected chi connectivity index (χ0v) is 17.7. The molecule has 2 rings (SSSR count). The Kier molecular flexibility index (Phi) is 8.45. The van der Waals surface area contributed by atoms with Gasteiger partial charge in [0.15, 0.2) is 5.96 Å². The van der Waals surface area contributed by atoms with Crippen LogP contribution in [-0.4, -0.2) is 50.2 Å². The number of aliphatic imine (C=N–C) groups is 1. The molecule has 1 heterocycles. The number of nitrogens with one attached hydrogen (secondary N) is 2. The fourth-order valence-corrected chi connectivity index (χ4v) is 3.57. The van der Waals surface area contributed by atoms with E-state index >= 15 is 0 Å². The Hall–Kier alpha value is -1.53. The van der Waals surface area contributed by atoms with Gasteiger partial charge in [-0.2, -0.15) is 0 Å². The van der Waals surface area contributed by atoms with Crippen LogP contribution in [0.2, 0.25) is 0 Å². The molecule has 0 bridgehead atoms. The highest BCUT2D eigenvalue weighted by Gasteiger charge is 2.19. The van der Waals surface area contributed by atoms with Crippen LogP contribution in [0.5, 0.6) is 5.75 Å². The van der Waals surface area contributed by atoms with Crippen molar-refractivity contribution in [1.29, 1.82) is 0 Å². The topological polar surface area (TPSA) is 48.9 Å². The number of halogens is 1. The fraction of sp³-hybridized carbons (Fsp3) is 0.550. The third-order valence-corrected chi connectivity index (χ3v) is 4.91. The van der Waals surface area contributed by atoms with Gasteiger partial charge in [0.2, 0.25) is 0 Å². The summed E-state index contributed by atoms with van der Waals surface area (Å²) >= 11 is 3.52. The first kappa shape index (κ1) is 20.8. The van der Waals surface area contributed by atoms with Crippen LogP contribution < -0.4 is 15.4 Å². The molecule has 1 fully saturated rings. The zero-order chi connectivity index (χ0) is 18.9. The molecule has 0 saturated carbocycles. The maximum atomic E-state index is 5.44. The zero-order valence-electron chi connectivity index (χ0n) is 16.1. The van der Waals surface area contributed by atoms with Gasteiger partial charge in [0, 0.05) is 42.3 Å². The molecule has 1 aliphatic rings. The number of methoxy groups -OCH3 is 1. The number of nitrogens with zero attached hydrogens (tertiary/aromatic N) is 2. The summed E-state index contributed by atoms with van der Waals surface area (Å²) in [7, 11) is 1.69. The lowest BCUT2D eigenvalue weighted by Gasteiger charge is -2.33. The van der Waals surface area contributed by atoms with Crippen LogP contribution in [0.25, 0.3) is 0 Å². The standard InChI is InChI=1S/C20H31BrN4O/c1-5-22-20(23-13-16-12-17(21)6-7-19(16)26-4)24-18-8-10-25(11-9-18)14-15(2)3/h6-7,12,18H,2,5,8-11,13-14H2,1,3-4H3,(H2,22,23,24). The van der Waals surface area contributed by atoms with Gasteiger partial charge in [0.25, 0.3) is 0 Å². The van der Waals surface area contributed by atoms with Crippen LogP contribution in [0.4, 0.5) is 0 Å². The van der Waals surface area contributed by atoms with Crippen LogP contribution in [0.3, 0.4) is 0 Å². The van der Waals surface area contributed by atoms with Gasteiger partial charge in [0.05, 0.1) is 13.7 Å². The summed E-state index contributed by atoms with van der Waals surface area (Å²) in [5.41, 5.74) is 2.30. The predicted molar refractivity (Wildman–Crippen MR) is 113 cm³/mol. The number of hydrogen-bond donors (Lipinski definition) is 2. The summed E-state index contributed by atoms with van der Waals surface area (Å²) in [6.45, 7) is 12.8. The number of hydrogen-bond acceptors (Lipinski definition) is 3. The van der Waals surface area contributed by atoms with Gasteiger partial charge in [-0.1, -0.05) is 28.1 Å². The summed E-state index contributed by atoms with van der Waals surface area (Å²) in [6.07, 6.45) is 2.25. The Morgan fingerprint density at radius 2 is 2.12 bits per heavy atom. The Bertz CT molecular complexity index is 624. The van der Waals surface area contributed by atoms with E-state index in [1.807, 2.05) is 12.1 Å². The van der Waals surface area contributed by atoms with Crippen molar-refractivity contribution in [2.75, 3.05) is 33.3 Å². The number of piperidine rings is 1. The van der Waals surface area contributed by atoms with Crippen molar-refractivity contribution in [2.45, 2.75) is 39.3 Å². The van der Waals surface area contributed by atoms with Crippen LogP contribution >= 0.6 is 15.9 Å². The molecule has 0 radical (unpaired) electrons. The van der Waals surface area contributed by atoms with Gasteiger partial charge in [-0.05, 0) is 44.9 Å². The maximum Gasteiger partial charge on any atom is 0.191 e. The number of benzene rings is 1. The van der Waals surface area contributed by atoms with E-state index in [9.17, 15) is 0 Å². The molecule has 1 aromatic carbocycles. The third-order valence-electron chi connectivity index (χ3n) is 4.42. The number of guanidine groups is 1. The van der Waals surface area contributed by atoms with E-state index in [0.717, 1.165) is 60.8 Å². The highest BCUT2D eigenvalue weighted by Crippen LogP contribution is 2.23. The van der Waals surface area contributed by atoms with Gasteiger partial charge >= 0.3 is 0 Å². The molecule has 1 aliphatic heterocycles. The van der Waals surface area contributed by atoms with E-state index in [-0.39, 0.29) is 0 Å². The summed E-state index contributed by atoms with van der Waals surface area (Å²) in [5.74, 6) is 1.73. The minimum absolute atomic E-state index is 0.457. The SMILES string of the molecule is C=C(C)CN1CCC(NC(=NCc2cc(Br)ccc2OC)NCC)CC1. The van der Waals surface area contributed by atoms with Crippen LogP contribution in [0, 0.1) is 0 Å². The van der Waals surface area contributed by atoms with Crippen molar-refractivity contribution in [1.82, 2.24) is 15.5 Å². The molecular formula is C20H31BrN4O. The highest BCUT2D eigenvalue weighted by molar-refractivity contribution is 9.10. The van der Waals surface area contributed by atoms with E-state index in [1.165, 1.54) is 5.57 Å². The highest BCUT2D eigenvalue weighted by atomic mass is 79.9. The molecule has 0 unspecified atom stereocenters. The molecule has 5 nitrogen and oxygen atoms in total. The van der Waals surface area contributed by atoms with E-state index in [2.05, 4.69) is 58.0 Å². The van der Waals surface area contributed by atoms with Crippen molar-refractivity contribution in [2.24, 2.45) is 4.99 Å². The molecule has 0 aliphatic carbocycles. The second-order valence-corrected chi connectivity index (χ2v) is 7.72. The molecule has 1 aromatic rings. The second-order valence-electron chi connectivity index (χ2n) is 6.80. The quantitative estimate of drug-likeness (QED) is 0.400. The average molecular weight is 423 g/mol. The first-order chi connectivity index (χ1) is 12.5. The first-order valence-corrected chi connectivity index (χ1v) is 10.0. The number of ether oxygens (including phenoxy) is 1. The molecule has 144 valence electrons. The van der Waals surface area contributed by atoms with Crippen molar-refractivity contribution >= 4 is 21.9 Å². The van der Waals surface area contributed by atoms with Crippen molar-refractivity contribution in [3.63, 3.8) is 0 Å². The Balaban J connectivity index is 1.95. The monoisotopic (exact) mass is 422 g/mol. The molecular weight excluding hydrogens is 392 g/mol. The second kappa shape index (κ2) is 10.6. The molecule has 1 saturated heterocycles. The predicted octanol–water partition coefficient (Wildman–Crippen LogP) is 3.55. The lowest BCUT2D eigenvalue weighted by atomic mass is 10.0. The van der Waals surface area contributed by atoms with Crippen molar-refractivity contribution in [3.8, 4) is 5.75 Å². The number of rotatable bonds is 7. The normalized spacial score (nSPS) is 16.4. The van der Waals surface area contributed by atoms with Crippen molar-refractivity contribution in [3.05, 3.63) is 40.4 Å². The number of likely N-dealkylation sites (tertiary alicyclic amines) is 1. The van der Waals surface area contributed by atoms with Gasteiger partial charge < -0.3 is 15.4 Å². The van der Waals surface area contributed by atoms with Gasteiger partial charge in [0.1, 0.15) is 5.75 Å². The van der Waals surface area contributed by atoms with E-state index in [0.29, 0.717) is 12.6 Å². The van der Waals surface area contributed by atoms with Gasteiger partial charge in [-0.15, -0.1) is 0 Å². The lowest BCUT2D eigenvalue weighted by Crippen LogP contribution is -2.48. The third kappa shape index (κ3) is 6.65. The molecule has 26 heavy (non-hydrogen) atoms. The molecule has 2 N–H and O–H groups in total. The maximum absolute atomic E-state index is 5.44. The Morgan fingerprint density at radius 3 is 2.73 bits per heavy atom. The van der Waals surface area contributed by atoms with Crippen LogP contribution in [0.15, 0.2) is 39.8 Å². The fourth-order valence-electron chi connectivity index (χ4n) is 3.17. The molecule has 0 amide bonds. The molecule has 0 aromatic heterocycles. The molecule has 0 atom stereocenters. The first-order valence-electron chi connectivity index (χ1n) is 9.25. The van der Waals surface area contributed by atoms with Crippen LogP contribution in [0.1, 0.15) is 32.3 Å². The largest absolute Gasteiger partial charge is 0.496 e. The smallest absolute Gasteiger partial charge is 0.191 e. The van der Waals surface area contributed by atoms with Crippen LogP contribution in [-0.2, 0) is 6.54 Å².